The molecule has 0 spiro atoms. The Morgan fingerprint density at radius 3 is 3.00 bits per heavy atom. The van der Waals surface area contributed by atoms with Crippen LogP contribution in [0.3, 0.4) is 0 Å². The predicted octanol–water partition coefficient (Wildman–Crippen LogP) is 3.57. The molecule has 1 unspecified atom stereocenters. The molecule has 2 heterocycles. The zero-order valence-corrected chi connectivity index (χ0v) is 14.0. The number of thioether (sulfide) groups is 1. The van der Waals surface area contributed by atoms with Crippen molar-refractivity contribution in [3.8, 4) is 0 Å². The highest BCUT2D eigenvalue weighted by atomic mass is 32.2. The smallest absolute Gasteiger partial charge is 0.373 e. The van der Waals surface area contributed by atoms with Crippen LogP contribution in [0.25, 0.3) is 0 Å². The molecule has 1 fully saturated rings. The fraction of sp³-hybridized carbons (Fsp3) is 0.438. The van der Waals surface area contributed by atoms with Crippen molar-refractivity contribution in [3.63, 3.8) is 0 Å². The number of hydrogen-bond donors (Lipinski definition) is 0. The van der Waals surface area contributed by atoms with Crippen molar-refractivity contribution < 1.29 is 13.9 Å². The van der Waals surface area contributed by atoms with Crippen molar-refractivity contribution in [2.24, 2.45) is 0 Å². The summed E-state index contributed by atoms with van der Waals surface area (Å²) >= 11 is 1.56. The van der Waals surface area contributed by atoms with Gasteiger partial charge in [0.15, 0.2) is 5.16 Å². The minimum atomic E-state index is -0.473. The molecule has 0 aromatic carbocycles. The summed E-state index contributed by atoms with van der Waals surface area (Å²) in [5.74, 6) is 2.01. The maximum absolute atomic E-state index is 11.5. The van der Waals surface area contributed by atoms with Crippen molar-refractivity contribution in [3.05, 3.63) is 42.1 Å². The zero-order valence-electron chi connectivity index (χ0n) is 13.2. The molecule has 0 saturated heterocycles. The number of carbonyl (C=O) groups is 1. The van der Waals surface area contributed by atoms with Crippen LogP contribution in [0.4, 0.5) is 0 Å². The molecular weight excluding hydrogens is 314 g/mol. The lowest BCUT2D eigenvalue weighted by Gasteiger charge is -2.10. The van der Waals surface area contributed by atoms with E-state index in [4.69, 9.17) is 4.42 Å². The average molecular weight is 333 g/mol. The molecule has 0 radical (unpaired) electrons. The van der Waals surface area contributed by atoms with Gasteiger partial charge in [-0.3, -0.25) is 0 Å². The molecule has 0 N–H and O–H groups in total. The summed E-state index contributed by atoms with van der Waals surface area (Å²) < 4.78 is 12.3. The van der Waals surface area contributed by atoms with E-state index in [1.54, 1.807) is 23.9 Å². The maximum atomic E-state index is 11.5. The number of hydrogen-bond acceptors (Lipinski definition) is 6. The van der Waals surface area contributed by atoms with Crippen LogP contribution < -0.4 is 0 Å². The third-order valence-corrected chi connectivity index (χ3v) is 4.79. The summed E-state index contributed by atoms with van der Waals surface area (Å²) in [6.07, 6.45) is 4.21. The van der Waals surface area contributed by atoms with Crippen LogP contribution in [-0.2, 0) is 11.3 Å². The Bertz CT molecular complexity index is 718. The number of nitrogens with zero attached hydrogens (tertiary/aromatic N) is 3. The summed E-state index contributed by atoms with van der Waals surface area (Å²) in [6, 6.07) is 3.42. The highest BCUT2D eigenvalue weighted by Gasteiger charge is 2.30. The van der Waals surface area contributed by atoms with E-state index in [0.717, 1.165) is 11.0 Å². The van der Waals surface area contributed by atoms with E-state index in [-0.39, 0.29) is 11.0 Å². The van der Waals surface area contributed by atoms with E-state index >= 15 is 0 Å². The number of furan rings is 1. The van der Waals surface area contributed by atoms with E-state index in [1.165, 1.54) is 20.0 Å². The molecule has 1 atom stereocenters. The van der Waals surface area contributed by atoms with E-state index in [0.29, 0.717) is 18.2 Å². The minimum absolute atomic E-state index is 0.00762. The summed E-state index contributed by atoms with van der Waals surface area (Å²) in [4.78, 5) is 11.5. The Morgan fingerprint density at radius 1 is 1.57 bits per heavy atom. The molecule has 0 bridgehead atoms. The van der Waals surface area contributed by atoms with Gasteiger partial charge < -0.3 is 13.7 Å². The first-order valence-electron chi connectivity index (χ1n) is 7.52. The number of methoxy groups -OCH3 is 1. The summed E-state index contributed by atoms with van der Waals surface area (Å²) in [5, 5.41) is 9.49. The van der Waals surface area contributed by atoms with Gasteiger partial charge in [0, 0.05) is 12.5 Å². The Morgan fingerprint density at radius 2 is 2.35 bits per heavy atom. The maximum Gasteiger partial charge on any atom is 0.373 e. The van der Waals surface area contributed by atoms with Crippen LogP contribution in [0.15, 0.2) is 34.4 Å². The second kappa shape index (κ2) is 6.62. The Hall–Kier alpha value is -2.02. The number of carbonyl (C=O) groups excluding carboxylic acids is 1. The molecule has 1 saturated carbocycles. The van der Waals surface area contributed by atoms with Crippen LogP contribution in [0.5, 0.6) is 0 Å². The van der Waals surface area contributed by atoms with E-state index in [2.05, 4.69) is 26.1 Å². The summed E-state index contributed by atoms with van der Waals surface area (Å²) in [6.45, 7) is 6.51. The van der Waals surface area contributed by atoms with Crippen LogP contribution in [0, 0.1) is 0 Å². The first kappa shape index (κ1) is 15.9. The van der Waals surface area contributed by atoms with Crippen LogP contribution in [0.1, 0.15) is 53.1 Å². The molecule has 3 rings (SSSR count). The van der Waals surface area contributed by atoms with Crippen molar-refractivity contribution in [1.29, 1.82) is 0 Å². The molecule has 1 aliphatic carbocycles. The first-order chi connectivity index (χ1) is 11.1. The molecule has 2 aromatic heterocycles. The van der Waals surface area contributed by atoms with Gasteiger partial charge in [-0.1, -0.05) is 17.8 Å². The van der Waals surface area contributed by atoms with Crippen molar-refractivity contribution in [2.45, 2.75) is 42.6 Å². The second-order valence-electron chi connectivity index (χ2n) is 5.47. The Labute approximate surface area is 138 Å². The first-order valence-corrected chi connectivity index (χ1v) is 8.40. The van der Waals surface area contributed by atoms with Crippen molar-refractivity contribution in [1.82, 2.24) is 14.8 Å². The molecule has 6 nitrogen and oxygen atoms in total. The van der Waals surface area contributed by atoms with Crippen molar-refractivity contribution >= 4 is 17.7 Å². The quantitative estimate of drug-likeness (QED) is 0.438. The van der Waals surface area contributed by atoms with Crippen LogP contribution in [-0.4, -0.2) is 27.8 Å². The van der Waals surface area contributed by atoms with E-state index < -0.39 is 5.97 Å². The monoisotopic (exact) mass is 333 g/mol. The largest absolute Gasteiger partial charge is 0.463 e. The number of allylic oxidation sites excluding steroid dienone is 1. The fourth-order valence-corrected chi connectivity index (χ4v) is 3.27. The van der Waals surface area contributed by atoms with Gasteiger partial charge in [0.05, 0.1) is 12.4 Å². The molecule has 2 aromatic rings. The number of aromatic nitrogens is 3. The molecule has 1 aliphatic rings. The molecular formula is C16H19N3O3S. The standard InChI is InChI=1S/C16H19N3O3S/c1-4-9-19-14(11-5-6-11)17-18-16(19)23-10(2)12-7-8-13(22-12)15(20)21-3/h4,7-8,10-11H,1,5-6,9H2,2-3H3. The molecule has 0 amide bonds. The Balaban J connectivity index is 1.77. The van der Waals surface area contributed by atoms with Gasteiger partial charge in [-0.2, -0.15) is 0 Å². The molecule has 7 heteroatoms. The number of esters is 1. The number of rotatable bonds is 7. The topological polar surface area (TPSA) is 70.2 Å². The van der Waals surface area contributed by atoms with E-state index in [9.17, 15) is 4.79 Å². The summed E-state index contributed by atoms with van der Waals surface area (Å²) in [5.41, 5.74) is 0. The third kappa shape index (κ3) is 3.34. The Kier molecular flexibility index (Phi) is 4.56. The van der Waals surface area contributed by atoms with Gasteiger partial charge in [-0.05, 0) is 31.9 Å². The van der Waals surface area contributed by atoms with Gasteiger partial charge in [0.25, 0.3) is 0 Å². The van der Waals surface area contributed by atoms with Gasteiger partial charge in [-0.25, -0.2) is 4.79 Å². The highest BCUT2D eigenvalue weighted by molar-refractivity contribution is 7.99. The molecule has 23 heavy (non-hydrogen) atoms. The lowest BCUT2D eigenvalue weighted by molar-refractivity contribution is 0.0563. The lowest BCUT2D eigenvalue weighted by Crippen LogP contribution is -2.03. The van der Waals surface area contributed by atoms with Gasteiger partial charge in [0.2, 0.25) is 5.76 Å². The third-order valence-electron chi connectivity index (χ3n) is 3.70. The lowest BCUT2D eigenvalue weighted by atomic mass is 10.3. The fourth-order valence-electron chi connectivity index (χ4n) is 2.33. The van der Waals surface area contributed by atoms with Crippen LogP contribution >= 0.6 is 11.8 Å². The van der Waals surface area contributed by atoms with Gasteiger partial charge >= 0.3 is 5.97 Å². The van der Waals surface area contributed by atoms with E-state index in [1.807, 2.05) is 13.0 Å². The minimum Gasteiger partial charge on any atom is -0.463 e. The average Bonchev–Trinajstić information content (AvgIpc) is 3.14. The predicted molar refractivity (Wildman–Crippen MR) is 86.5 cm³/mol. The van der Waals surface area contributed by atoms with Gasteiger partial charge in [0.1, 0.15) is 11.6 Å². The number of ether oxygens (including phenoxy) is 1. The SMILES string of the molecule is C=CCn1c(SC(C)c2ccc(C(=O)OC)o2)nnc1C1CC1. The normalized spacial score (nSPS) is 15.4. The van der Waals surface area contributed by atoms with Gasteiger partial charge in [-0.15, -0.1) is 16.8 Å². The zero-order chi connectivity index (χ0) is 16.4. The van der Waals surface area contributed by atoms with Crippen LogP contribution in [0.2, 0.25) is 0 Å². The second-order valence-corrected chi connectivity index (χ2v) is 6.78. The summed E-state index contributed by atoms with van der Waals surface area (Å²) in [7, 11) is 1.33. The highest BCUT2D eigenvalue weighted by Crippen LogP contribution is 2.42. The molecule has 0 aliphatic heterocycles. The van der Waals surface area contributed by atoms with Crippen molar-refractivity contribution in [2.75, 3.05) is 7.11 Å². The molecule has 122 valence electrons.